The fourth-order valence-electron chi connectivity index (χ4n) is 6.84. The molecule has 304 valence electrons. The molecule has 3 atom stereocenters. The topological polar surface area (TPSA) is 148 Å². The van der Waals surface area contributed by atoms with E-state index in [1.165, 1.54) is 18.2 Å². The highest BCUT2D eigenvalue weighted by Gasteiger charge is 2.38. The lowest BCUT2D eigenvalue weighted by molar-refractivity contribution is -0.122. The van der Waals surface area contributed by atoms with E-state index in [2.05, 4.69) is 40.2 Å². The zero-order valence-corrected chi connectivity index (χ0v) is 36.2. The number of anilines is 3. The minimum absolute atomic E-state index is 0.0740. The number of rotatable bonds is 12. The van der Waals surface area contributed by atoms with Crippen LogP contribution in [-0.2, 0) is 30.8 Å². The molecule has 5 rings (SSSR count). The summed E-state index contributed by atoms with van der Waals surface area (Å²) >= 11 is 0. The molecule has 16 heteroatoms. The van der Waals surface area contributed by atoms with Crippen molar-refractivity contribution in [3.8, 4) is 11.3 Å². The third-order valence-electron chi connectivity index (χ3n) is 9.70. The Balaban J connectivity index is 1.46. The summed E-state index contributed by atoms with van der Waals surface area (Å²) < 4.78 is 53.5. The molecule has 1 saturated heterocycles. The molecule has 2 aromatic carbocycles. The minimum Gasteiger partial charge on any atom is -0.444 e. The second-order valence-corrected chi connectivity index (χ2v) is 24.6. The highest BCUT2D eigenvalue weighted by molar-refractivity contribution is 7.90. The van der Waals surface area contributed by atoms with E-state index in [-0.39, 0.29) is 42.5 Å². The van der Waals surface area contributed by atoms with Gasteiger partial charge in [0, 0.05) is 69.5 Å². The lowest BCUT2D eigenvalue weighted by atomic mass is 10.1. The van der Waals surface area contributed by atoms with Gasteiger partial charge in [-0.05, 0) is 78.3 Å². The number of piperazine rings is 1. The van der Waals surface area contributed by atoms with Crippen LogP contribution in [-0.4, -0.2) is 103 Å². The summed E-state index contributed by atoms with van der Waals surface area (Å²) in [6.45, 7) is 21.9. The fourth-order valence-corrected chi connectivity index (χ4v) is 8.36. The van der Waals surface area contributed by atoms with Crippen molar-refractivity contribution in [2.45, 2.75) is 110 Å². The van der Waals surface area contributed by atoms with Crippen molar-refractivity contribution < 1.29 is 31.9 Å². The number of halogens is 1. The Hall–Kier alpha value is -4.38. The van der Waals surface area contributed by atoms with Crippen molar-refractivity contribution >= 4 is 58.1 Å². The van der Waals surface area contributed by atoms with Gasteiger partial charge in [-0.3, -0.25) is 9.69 Å². The van der Waals surface area contributed by atoms with E-state index in [0.29, 0.717) is 31.1 Å². The molecule has 2 N–H and O–H groups in total. The monoisotopic (exact) mass is 809 g/mol. The Labute approximate surface area is 330 Å². The number of hydrogen-bond acceptors (Lipinski definition) is 10. The molecule has 13 nitrogen and oxygen atoms in total. The smallest absolute Gasteiger partial charge is 0.410 e. The maximum Gasteiger partial charge on any atom is 0.410 e. The number of nitrogens with one attached hydrogen (secondary N) is 2. The Morgan fingerprint density at radius 2 is 1.70 bits per heavy atom. The summed E-state index contributed by atoms with van der Waals surface area (Å²) in [5, 5.41) is 6.85. The number of sulfone groups is 1. The van der Waals surface area contributed by atoms with Gasteiger partial charge in [0.15, 0.2) is 15.7 Å². The molecule has 1 unspecified atom stereocenters. The van der Waals surface area contributed by atoms with Gasteiger partial charge in [-0.1, -0.05) is 37.8 Å². The second-order valence-electron chi connectivity index (χ2n) is 17.0. The molecule has 0 saturated carbocycles. The first-order valence-corrected chi connectivity index (χ1v) is 24.5. The Bertz CT molecular complexity index is 2190. The van der Waals surface area contributed by atoms with Gasteiger partial charge >= 0.3 is 6.09 Å². The zero-order chi connectivity index (χ0) is 41.3. The van der Waals surface area contributed by atoms with Crippen LogP contribution in [0.1, 0.15) is 47.1 Å². The minimum atomic E-state index is -3.81. The molecule has 0 spiro atoms. The van der Waals surface area contributed by atoms with Crippen LogP contribution in [0.4, 0.5) is 26.5 Å². The van der Waals surface area contributed by atoms with Crippen molar-refractivity contribution in [1.29, 1.82) is 0 Å². The molecule has 4 aromatic rings. The number of amides is 2. The predicted octanol–water partition coefficient (Wildman–Crippen LogP) is 7.66. The quantitative estimate of drug-likeness (QED) is 0.108. The molecule has 2 aromatic heterocycles. The Kier molecular flexibility index (Phi) is 12.7. The lowest BCUT2D eigenvalue weighted by Gasteiger charge is -2.46. The van der Waals surface area contributed by atoms with E-state index in [1.54, 1.807) is 11.1 Å². The van der Waals surface area contributed by atoms with Gasteiger partial charge in [0.25, 0.3) is 0 Å². The summed E-state index contributed by atoms with van der Waals surface area (Å²) in [4.78, 5) is 39.6. The van der Waals surface area contributed by atoms with E-state index in [1.807, 2.05) is 77.4 Å². The van der Waals surface area contributed by atoms with Gasteiger partial charge in [-0.25, -0.2) is 27.6 Å². The van der Waals surface area contributed by atoms with Crippen LogP contribution in [0.25, 0.3) is 22.2 Å². The van der Waals surface area contributed by atoms with Gasteiger partial charge in [-0.2, -0.15) is 0 Å². The number of ether oxygens (including phenoxy) is 2. The lowest BCUT2D eigenvalue weighted by Crippen LogP contribution is -2.62. The van der Waals surface area contributed by atoms with Gasteiger partial charge in [0.1, 0.15) is 17.2 Å². The molecule has 3 heterocycles. The molecular weight excluding hydrogens is 754 g/mol. The average molecular weight is 810 g/mol. The Morgan fingerprint density at radius 3 is 2.32 bits per heavy atom. The first-order valence-electron chi connectivity index (χ1n) is 18.9. The Morgan fingerprint density at radius 1 is 1.05 bits per heavy atom. The molecule has 0 bridgehead atoms. The maximum absolute atomic E-state index is 15.3. The third kappa shape index (κ3) is 10.1. The number of hydrogen-bond donors (Lipinski definition) is 2. The van der Waals surface area contributed by atoms with Crippen LogP contribution in [0.2, 0.25) is 25.7 Å². The normalized spacial score (nSPS) is 17.5. The summed E-state index contributed by atoms with van der Waals surface area (Å²) in [6.07, 6.45) is 4.14. The number of benzene rings is 2. The van der Waals surface area contributed by atoms with E-state index in [9.17, 15) is 18.0 Å². The van der Waals surface area contributed by atoms with Gasteiger partial charge < -0.3 is 29.6 Å². The number of carbonyl (C=O) groups excluding carboxylic acids is 2. The van der Waals surface area contributed by atoms with Crippen molar-refractivity contribution in [3.63, 3.8) is 0 Å². The number of fused-ring (bicyclic) bond motifs is 1. The van der Waals surface area contributed by atoms with Crippen molar-refractivity contribution in [1.82, 2.24) is 24.3 Å². The van der Waals surface area contributed by atoms with Gasteiger partial charge in [0.05, 0.1) is 28.6 Å². The van der Waals surface area contributed by atoms with E-state index < -0.39 is 40.3 Å². The molecule has 56 heavy (non-hydrogen) atoms. The van der Waals surface area contributed by atoms with Crippen LogP contribution >= 0.6 is 0 Å². The van der Waals surface area contributed by atoms with Crippen LogP contribution in [0.3, 0.4) is 0 Å². The van der Waals surface area contributed by atoms with E-state index in [0.717, 1.165) is 34.3 Å². The van der Waals surface area contributed by atoms with Crippen molar-refractivity contribution in [2.24, 2.45) is 0 Å². The molecule has 2 amide bonds. The fraction of sp³-hybridized carbons (Fsp3) is 0.500. The van der Waals surface area contributed by atoms with Gasteiger partial charge in [0.2, 0.25) is 11.9 Å². The molecule has 1 aliphatic heterocycles. The summed E-state index contributed by atoms with van der Waals surface area (Å²) in [5.74, 6) is -1.04. The third-order valence-corrected chi connectivity index (χ3v) is 12.5. The predicted molar refractivity (Wildman–Crippen MR) is 221 cm³/mol. The molecule has 0 aliphatic carbocycles. The van der Waals surface area contributed by atoms with E-state index >= 15 is 4.39 Å². The second kappa shape index (κ2) is 16.6. The summed E-state index contributed by atoms with van der Waals surface area (Å²) in [5.41, 5.74) is 2.71. The van der Waals surface area contributed by atoms with Crippen LogP contribution in [0.15, 0.2) is 53.7 Å². The summed E-state index contributed by atoms with van der Waals surface area (Å²) in [7, 11) is -5.17. The SMILES string of the molecule is Cc1cnc(Nc2cccc(S(C)(=O)=O)c2F)nc1-c1cn(COCC[Si](C)(C)C)c2c(NC(=O)C(C)N3C[C@H](C)N(C(=O)OC(C)(C)C)[C@@H](C)C3)cccc12. The van der Waals surface area contributed by atoms with Crippen molar-refractivity contribution in [2.75, 3.05) is 36.6 Å². The number of aromatic nitrogens is 3. The first-order chi connectivity index (χ1) is 26.0. The van der Waals surface area contributed by atoms with E-state index in [4.69, 9.17) is 14.5 Å². The first kappa shape index (κ1) is 42.8. The zero-order valence-electron chi connectivity index (χ0n) is 34.4. The molecule has 1 aliphatic rings. The standard InChI is InChI=1S/C40H56FN7O6SSi/c1-25-20-42-38(44-31-15-13-17-33(34(31)41)55(8,51)52)45-35(25)30-23-47(24-53-18-19-56(9,10)11)36-29(30)14-12-16-32(36)43-37(49)28(4)46-21-26(2)48(27(3)22-46)39(50)54-40(5,6)7/h12-17,20,23,26-28H,18-19,21-22,24H2,1-11H3,(H,43,49)(H,42,44,45)/t26-,27-,28?/m0/s1. The highest BCUT2D eigenvalue weighted by Crippen LogP contribution is 2.36. The number of carbonyl (C=O) groups is 2. The van der Waals surface area contributed by atoms with Crippen LogP contribution in [0.5, 0.6) is 0 Å². The number of para-hydroxylation sites is 1. The number of nitrogens with zero attached hydrogens (tertiary/aromatic N) is 5. The largest absolute Gasteiger partial charge is 0.444 e. The summed E-state index contributed by atoms with van der Waals surface area (Å²) in [6, 6.07) is 9.90. The highest BCUT2D eigenvalue weighted by atomic mass is 32.2. The van der Waals surface area contributed by atoms with Crippen LogP contribution < -0.4 is 10.6 Å². The number of aryl methyl sites for hydroxylation is 1. The average Bonchev–Trinajstić information content (AvgIpc) is 3.45. The van der Waals surface area contributed by atoms with Gasteiger partial charge in [-0.15, -0.1) is 0 Å². The maximum atomic E-state index is 15.3. The molecular formula is C40H56FN7O6SSi. The van der Waals surface area contributed by atoms with Crippen LogP contribution in [0, 0.1) is 12.7 Å². The molecule has 0 radical (unpaired) electrons. The molecule has 1 fully saturated rings. The van der Waals surface area contributed by atoms with Crippen molar-refractivity contribution in [3.05, 3.63) is 60.2 Å².